The second-order valence-corrected chi connectivity index (χ2v) is 5.43. The predicted octanol–water partition coefficient (Wildman–Crippen LogP) is -1.73. The molecule has 1 saturated heterocycles. The van der Waals surface area contributed by atoms with Crippen LogP contribution in [0.3, 0.4) is 0 Å². The van der Waals surface area contributed by atoms with Crippen LogP contribution in [0.2, 0.25) is 0 Å². The van der Waals surface area contributed by atoms with Crippen LogP contribution in [-0.2, 0) is 10.2 Å². The van der Waals surface area contributed by atoms with E-state index in [1.54, 1.807) is 13.8 Å². The van der Waals surface area contributed by atoms with Gasteiger partial charge in [-0.2, -0.15) is 17.4 Å². The molecule has 7 heteroatoms. The third-order valence-corrected chi connectivity index (χ3v) is 3.70. The maximum atomic E-state index is 11.5. The minimum absolute atomic E-state index is 0.0524. The van der Waals surface area contributed by atoms with Gasteiger partial charge in [0.05, 0.1) is 12.2 Å². The first-order chi connectivity index (χ1) is 6.33. The Morgan fingerprint density at radius 1 is 1.29 bits per heavy atom. The lowest BCUT2D eigenvalue weighted by atomic mass is 10.3. The van der Waals surface area contributed by atoms with Crippen LogP contribution in [0, 0.1) is 0 Å². The van der Waals surface area contributed by atoms with Crippen LogP contribution in [0.4, 0.5) is 0 Å². The van der Waals surface area contributed by atoms with Gasteiger partial charge in [0.25, 0.3) is 10.2 Å². The second-order valence-electron chi connectivity index (χ2n) is 3.73. The molecule has 3 N–H and O–H groups in total. The molecule has 84 valence electrons. The predicted molar refractivity (Wildman–Crippen MR) is 50.8 cm³/mol. The summed E-state index contributed by atoms with van der Waals surface area (Å²) in [6.07, 6.45) is -1.97. The van der Waals surface area contributed by atoms with E-state index >= 15 is 0 Å². The Balaban J connectivity index is 2.66. The highest BCUT2D eigenvalue weighted by Gasteiger charge is 2.36. The fraction of sp³-hybridized carbons (Fsp3) is 1.00. The summed E-state index contributed by atoms with van der Waals surface area (Å²) in [5.41, 5.74) is 0. The van der Waals surface area contributed by atoms with E-state index in [1.165, 1.54) is 0 Å². The van der Waals surface area contributed by atoms with E-state index < -0.39 is 22.4 Å². The van der Waals surface area contributed by atoms with Gasteiger partial charge in [0.1, 0.15) is 0 Å². The monoisotopic (exact) mass is 224 g/mol. The number of hydrogen-bond acceptors (Lipinski definition) is 4. The Labute approximate surface area is 83.7 Å². The first kappa shape index (κ1) is 11.9. The van der Waals surface area contributed by atoms with Crippen LogP contribution in [0.25, 0.3) is 0 Å². The molecule has 1 fully saturated rings. The minimum Gasteiger partial charge on any atom is -0.389 e. The van der Waals surface area contributed by atoms with E-state index in [4.69, 9.17) is 0 Å². The Bertz CT molecular complexity index is 280. The molecule has 0 radical (unpaired) electrons. The fourth-order valence-corrected chi connectivity index (χ4v) is 2.75. The lowest BCUT2D eigenvalue weighted by molar-refractivity contribution is 0.0572. The molecule has 1 heterocycles. The van der Waals surface area contributed by atoms with Crippen molar-refractivity contribution in [3.63, 3.8) is 0 Å². The number of rotatable bonds is 3. The quantitative estimate of drug-likeness (QED) is 0.531. The number of hydrogen-bond donors (Lipinski definition) is 3. The van der Waals surface area contributed by atoms with Crippen molar-refractivity contribution in [1.29, 1.82) is 0 Å². The van der Waals surface area contributed by atoms with Crippen LogP contribution in [0.5, 0.6) is 0 Å². The summed E-state index contributed by atoms with van der Waals surface area (Å²) < 4.78 is 26.5. The first-order valence-corrected chi connectivity index (χ1v) is 5.90. The number of nitrogens with one attached hydrogen (secondary N) is 1. The SMILES string of the molecule is CC(C)NS(=O)(=O)N1C[C@@H](O)[C@@H](O)C1. The van der Waals surface area contributed by atoms with Crippen molar-refractivity contribution in [2.24, 2.45) is 0 Å². The molecule has 0 aromatic carbocycles. The van der Waals surface area contributed by atoms with Gasteiger partial charge in [-0.1, -0.05) is 0 Å². The standard InChI is InChI=1S/C7H16N2O4S/c1-5(2)8-14(12,13)9-3-6(10)7(11)4-9/h5-8,10-11H,3-4H2,1-2H3/t6-,7+. The van der Waals surface area contributed by atoms with Crippen molar-refractivity contribution in [3.05, 3.63) is 0 Å². The molecule has 0 spiro atoms. The molecule has 0 saturated carbocycles. The molecule has 0 amide bonds. The third kappa shape index (κ3) is 2.64. The highest BCUT2D eigenvalue weighted by atomic mass is 32.2. The van der Waals surface area contributed by atoms with Crippen molar-refractivity contribution >= 4 is 10.2 Å². The van der Waals surface area contributed by atoms with Crippen molar-refractivity contribution in [2.75, 3.05) is 13.1 Å². The zero-order chi connectivity index (χ0) is 10.9. The molecule has 6 nitrogen and oxygen atoms in total. The highest BCUT2D eigenvalue weighted by molar-refractivity contribution is 7.87. The Kier molecular flexibility index (Phi) is 3.49. The van der Waals surface area contributed by atoms with E-state index in [-0.39, 0.29) is 19.1 Å². The lowest BCUT2D eigenvalue weighted by Gasteiger charge is -2.17. The summed E-state index contributed by atoms with van der Waals surface area (Å²) in [6.45, 7) is 3.31. The van der Waals surface area contributed by atoms with Gasteiger partial charge in [-0.05, 0) is 13.8 Å². The summed E-state index contributed by atoms with van der Waals surface area (Å²) in [7, 11) is -3.56. The van der Waals surface area contributed by atoms with Gasteiger partial charge in [0.2, 0.25) is 0 Å². The Hall–Kier alpha value is -0.210. The molecule has 1 aliphatic rings. The molecule has 0 aliphatic carbocycles. The minimum atomic E-state index is -3.56. The number of nitrogens with zero attached hydrogens (tertiary/aromatic N) is 1. The molecule has 14 heavy (non-hydrogen) atoms. The average molecular weight is 224 g/mol. The molecule has 2 atom stereocenters. The van der Waals surface area contributed by atoms with E-state index in [1.807, 2.05) is 0 Å². The molecular weight excluding hydrogens is 208 g/mol. The third-order valence-electron chi connectivity index (χ3n) is 1.95. The van der Waals surface area contributed by atoms with Crippen molar-refractivity contribution < 1.29 is 18.6 Å². The van der Waals surface area contributed by atoms with E-state index in [9.17, 15) is 18.6 Å². The number of β-amino-alcohol motifs (C(OH)–C–C–N with tert-alkyl or cyclic N) is 2. The van der Waals surface area contributed by atoms with Crippen molar-refractivity contribution in [3.8, 4) is 0 Å². The maximum Gasteiger partial charge on any atom is 0.279 e. The molecule has 0 bridgehead atoms. The number of aliphatic hydroxyl groups excluding tert-OH is 2. The van der Waals surface area contributed by atoms with E-state index in [0.717, 1.165) is 4.31 Å². The van der Waals surface area contributed by atoms with Gasteiger partial charge in [-0.25, -0.2) is 0 Å². The smallest absolute Gasteiger partial charge is 0.279 e. The summed E-state index contributed by atoms with van der Waals surface area (Å²) in [4.78, 5) is 0. The van der Waals surface area contributed by atoms with Crippen LogP contribution in [0.1, 0.15) is 13.8 Å². The van der Waals surface area contributed by atoms with Gasteiger partial charge in [0.15, 0.2) is 0 Å². The zero-order valence-electron chi connectivity index (χ0n) is 8.21. The topological polar surface area (TPSA) is 89.9 Å². The van der Waals surface area contributed by atoms with Gasteiger partial charge in [-0.15, -0.1) is 0 Å². The second kappa shape index (κ2) is 4.11. The van der Waals surface area contributed by atoms with Crippen molar-refractivity contribution in [2.45, 2.75) is 32.1 Å². The fourth-order valence-electron chi connectivity index (χ4n) is 1.30. The molecule has 0 aromatic heterocycles. The summed E-state index contributed by atoms with van der Waals surface area (Å²) >= 11 is 0. The molecule has 0 aromatic rings. The summed E-state index contributed by atoms with van der Waals surface area (Å²) in [5, 5.41) is 18.4. The molecule has 1 rings (SSSR count). The van der Waals surface area contributed by atoms with Crippen LogP contribution < -0.4 is 4.72 Å². The van der Waals surface area contributed by atoms with Crippen molar-refractivity contribution in [1.82, 2.24) is 9.03 Å². The van der Waals surface area contributed by atoms with E-state index in [0.29, 0.717) is 0 Å². The summed E-state index contributed by atoms with van der Waals surface area (Å²) in [5.74, 6) is 0. The van der Waals surface area contributed by atoms with Gasteiger partial charge in [-0.3, -0.25) is 0 Å². The van der Waals surface area contributed by atoms with E-state index in [2.05, 4.69) is 4.72 Å². The van der Waals surface area contributed by atoms with Gasteiger partial charge in [0, 0.05) is 19.1 Å². The Morgan fingerprint density at radius 3 is 2.07 bits per heavy atom. The number of aliphatic hydroxyl groups is 2. The zero-order valence-corrected chi connectivity index (χ0v) is 9.03. The van der Waals surface area contributed by atoms with Crippen LogP contribution in [0.15, 0.2) is 0 Å². The average Bonchev–Trinajstić information content (AvgIpc) is 2.30. The van der Waals surface area contributed by atoms with Gasteiger partial charge < -0.3 is 10.2 Å². The lowest BCUT2D eigenvalue weighted by Crippen LogP contribution is -2.42. The molecular formula is C7H16N2O4S. The van der Waals surface area contributed by atoms with Gasteiger partial charge >= 0.3 is 0 Å². The first-order valence-electron chi connectivity index (χ1n) is 4.46. The largest absolute Gasteiger partial charge is 0.389 e. The molecule has 0 unspecified atom stereocenters. The summed E-state index contributed by atoms with van der Waals surface area (Å²) in [6, 6.07) is -0.199. The normalized spacial score (nSPS) is 30.1. The van der Waals surface area contributed by atoms with Crippen LogP contribution >= 0.6 is 0 Å². The maximum absolute atomic E-state index is 11.5. The highest BCUT2D eigenvalue weighted by Crippen LogP contribution is 2.13. The van der Waals surface area contributed by atoms with Crippen LogP contribution in [-0.4, -0.2) is 54.3 Å². The Morgan fingerprint density at radius 2 is 1.71 bits per heavy atom. The molecule has 1 aliphatic heterocycles.